The third kappa shape index (κ3) is 2.23. The van der Waals surface area contributed by atoms with Gasteiger partial charge < -0.3 is 5.73 Å². The number of amides is 1. The summed E-state index contributed by atoms with van der Waals surface area (Å²) in [5.74, 6) is -0.379. The van der Waals surface area contributed by atoms with Crippen LogP contribution in [-0.4, -0.2) is 5.91 Å². The Morgan fingerprint density at radius 3 is 2.27 bits per heavy atom. The number of nitrogens with two attached hydrogens (primary N) is 1. The molecule has 2 N–H and O–H groups in total. The number of fused-ring (bicyclic) bond motifs is 1. The van der Waals surface area contributed by atoms with Crippen molar-refractivity contribution < 1.29 is 4.79 Å². The van der Waals surface area contributed by atoms with Crippen molar-refractivity contribution in [3.8, 4) is 11.1 Å². The summed E-state index contributed by atoms with van der Waals surface area (Å²) >= 11 is 0. The Balaban J connectivity index is 2.20. The monoisotopic (exact) mass is 293 g/mol. The van der Waals surface area contributed by atoms with Crippen LogP contribution in [0.2, 0.25) is 0 Å². The van der Waals surface area contributed by atoms with E-state index in [9.17, 15) is 4.79 Å². The first-order valence-electron chi connectivity index (χ1n) is 7.77. The zero-order chi connectivity index (χ0) is 16.1. The van der Waals surface area contributed by atoms with E-state index in [0.717, 1.165) is 17.5 Å². The van der Waals surface area contributed by atoms with Gasteiger partial charge in [-0.05, 0) is 45.6 Å². The lowest BCUT2D eigenvalue weighted by Crippen LogP contribution is -2.17. The van der Waals surface area contributed by atoms with Gasteiger partial charge in [0.05, 0.1) is 0 Å². The number of benzene rings is 2. The molecule has 0 saturated carbocycles. The van der Waals surface area contributed by atoms with E-state index in [0.29, 0.717) is 5.56 Å². The van der Waals surface area contributed by atoms with Gasteiger partial charge in [-0.3, -0.25) is 4.79 Å². The van der Waals surface area contributed by atoms with Crippen molar-refractivity contribution >= 4 is 5.91 Å². The minimum absolute atomic E-state index is 0.149. The fourth-order valence-electron chi connectivity index (χ4n) is 4.11. The highest BCUT2D eigenvalue weighted by atomic mass is 16.1. The minimum Gasteiger partial charge on any atom is -0.366 e. The van der Waals surface area contributed by atoms with E-state index in [-0.39, 0.29) is 16.7 Å². The van der Waals surface area contributed by atoms with Crippen molar-refractivity contribution in [2.24, 2.45) is 5.73 Å². The number of hydrogen-bond donors (Lipinski definition) is 1. The van der Waals surface area contributed by atoms with E-state index in [2.05, 4.69) is 45.9 Å². The molecule has 2 aromatic carbocycles. The summed E-state index contributed by atoms with van der Waals surface area (Å²) in [4.78, 5) is 11.7. The molecule has 0 fully saturated rings. The molecule has 2 heteroatoms. The predicted octanol–water partition coefficient (Wildman–Crippen LogP) is 4.41. The van der Waals surface area contributed by atoms with E-state index < -0.39 is 0 Å². The van der Waals surface area contributed by atoms with Gasteiger partial charge in [-0.2, -0.15) is 0 Å². The first-order chi connectivity index (χ1) is 10.2. The molecule has 0 unspecified atom stereocenters. The van der Waals surface area contributed by atoms with Crippen LogP contribution in [0.5, 0.6) is 0 Å². The zero-order valence-corrected chi connectivity index (χ0v) is 13.7. The molecular weight excluding hydrogens is 270 g/mol. The molecule has 0 radical (unpaired) electrons. The smallest absolute Gasteiger partial charge is 0.249 e. The Kier molecular flexibility index (Phi) is 3.17. The lowest BCUT2D eigenvalue weighted by atomic mass is 9.82. The standard InChI is InChI=1S/C20H23NO/c1-19(2)12-20(3,4)17-11-13(9-10-16(17)19)14-7-5-6-8-15(14)18(21)22/h5-11H,12H2,1-4H3,(H2,21,22). The number of carbonyl (C=O) groups is 1. The maximum Gasteiger partial charge on any atom is 0.249 e. The van der Waals surface area contributed by atoms with Gasteiger partial charge in [0.15, 0.2) is 0 Å². The van der Waals surface area contributed by atoms with Gasteiger partial charge in [-0.15, -0.1) is 0 Å². The fourth-order valence-corrected chi connectivity index (χ4v) is 4.11. The summed E-state index contributed by atoms with van der Waals surface area (Å²) in [6.07, 6.45) is 1.14. The summed E-state index contributed by atoms with van der Waals surface area (Å²) < 4.78 is 0. The van der Waals surface area contributed by atoms with Crippen LogP contribution in [0.1, 0.15) is 55.6 Å². The highest BCUT2D eigenvalue weighted by Crippen LogP contribution is 2.50. The van der Waals surface area contributed by atoms with Crippen molar-refractivity contribution in [3.63, 3.8) is 0 Å². The van der Waals surface area contributed by atoms with Crippen LogP contribution >= 0.6 is 0 Å². The molecule has 114 valence electrons. The summed E-state index contributed by atoms with van der Waals surface area (Å²) in [6.45, 7) is 9.20. The van der Waals surface area contributed by atoms with Crippen LogP contribution in [0, 0.1) is 0 Å². The van der Waals surface area contributed by atoms with Crippen molar-refractivity contribution in [3.05, 3.63) is 59.2 Å². The Bertz CT molecular complexity index is 756. The number of primary amides is 1. The average molecular weight is 293 g/mol. The Hall–Kier alpha value is -2.09. The number of carbonyl (C=O) groups excluding carboxylic acids is 1. The molecule has 0 atom stereocenters. The quantitative estimate of drug-likeness (QED) is 0.875. The topological polar surface area (TPSA) is 43.1 Å². The van der Waals surface area contributed by atoms with E-state index in [1.54, 1.807) is 6.07 Å². The molecular formula is C20H23NO. The summed E-state index contributed by atoms with van der Waals surface area (Å²) in [5, 5.41) is 0. The van der Waals surface area contributed by atoms with E-state index in [4.69, 9.17) is 5.73 Å². The molecule has 22 heavy (non-hydrogen) atoms. The third-order valence-corrected chi connectivity index (χ3v) is 4.87. The van der Waals surface area contributed by atoms with Gasteiger partial charge >= 0.3 is 0 Å². The second kappa shape index (κ2) is 4.70. The van der Waals surface area contributed by atoms with Gasteiger partial charge in [-0.25, -0.2) is 0 Å². The molecule has 2 nitrogen and oxygen atoms in total. The van der Waals surface area contributed by atoms with Gasteiger partial charge in [0.25, 0.3) is 0 Å². The van der Waals surface area contributed by atoms with Crippen molar-refractivity contribution in [1.82, 2.24) is 0 Å². The SMILES string of the molecule is CC1(C)CC(C)(C)c2cc(-c3ccccc3C(N)=O)ccc21. The molecule has 0 heterocycles. The number of hydrogen-bond acceptors (Lipinski definition) is 1. The van der Waals surface area contributed by atoms with Gasteiger partial charge in [0.1, 0.15) is 0 Å². The van der Waals surface area contributed by atoms with Crippen LogP contribution < -0.4 is 5.73 Å². The maximum absolute atomic E-state index is 11.7. The molecule has 0 aromatic heterocycles. The molecule has 0 spiro atoms. The van der Waals surface area contributed by atoms with Crippen LogP contribution in [0.15, 0.2) is 42.5 Å². The Labute approximate surface area is 132 Å². The van der Waals surface area contributed by atoms with Crippen LogP contribution in [-0.2, 0) is 10.8 Å². The summed E-state index contributed by atoms with van der Waals surface area (Å²) in [6, 6.07) is 14.1. The first-order valence-corrected chi connectivity index (χ1v) is 7.77. The first kappa shape index (κ1) is 14.8. The Morgan fingerprint density at radius 2 is 1.59 bits per heavy atom. The number of rotatable bonds is 2. The molecule has 2 aromatic rings. The minimum atomic E-state index is -0.379. The predicted molar refractivity (Wildman–Crippen MR) is 91.1 cm³/mol. The molecule has 0 bridgehead atoms. The average Bonchev–Trinajstić information content (AvgIpc) is 2.64. The molecule has 1 aliphatic rings. The zero-order valence-electron chi connectivity index (χ0n) is 13.7. The van der Waals surface area contributed by atoms with E-state index in [1.165, 1.54) is 11.1 Å². The molecule has 3 rings (SSSR count). The highest BCUT2D eigenvalue weighted by molar-refractivity contribution is 5.99. The van der Waals surface area contributed by atoms with Crippen molar-refractivity contribution in [2.45, 2.75) is 44.9 Å². The lowest BCUT2D eigenvalue weighted by Gasteiger charge is -2.22. The summed E-state index contributed by atoms with van der Waals surface area (Å²) in [7, 11) is 0. The van der Waals surface area contributed by atoms with E-state index >= 15 is 0 Å². The third-order valence-electron chi connectivity index (χ3n) is 4.87. The van der Waals surface area contributed by atoms with E-state index in [1.807, 2.05) is 18.2 Å². The van der Waals surface area contributed by atoms with Crippen LogP contribution in [0.25, 0.3) is 11.1 Å². The molecule has 1 amide bonds. The normalized spacial score (nSPS) is 18.0. The van der Waals surface area contributed by atoms with Crippen LogP contribution in [0.3, 0.4) is 0 Å². The van der Waals surface area contributed by atoms with Gasteiger partial charge in [0, 0.05) is 5.56 Å². The molecule has 0 saturated heterocycles. The highest BCUT2D eigenvalue weighted by Gasteiger charge is 2.41. The second-order valence-electron chi connectivity index (χ2n) is 7.61. The van der Waals surface area contributed by atoms with Crippen LogP contribution in [0.4, 0.5) is 0 Å². The second-order valence-corrected chi connectivity index (χ2v) is 7.61. The fraction of sp³-hybridized carbons (Fsp3) is 0.350. The maximum atomic E-state index is 11.7. The van der Waals surface area contributed by atoms with Gasteiger partial charge in [-0.1, -0.05) is 64.1 Å². The van der Waals surface area contributed by atoms with Crippen molar-refractivity contribution in [2.75, 3.05) is 0 Å². The summed E-state index contributed by atoms with van der Waals surface area (Å²) in [5.41, 5.74) is 11.2. The van der Waals surface area contributed by atoms with Crippen molar-refractivity contribution in [1.29, 1.82) is 0 Å². The Morgan fingerprint density at radius 1 is 0.955 bits per heavy atom. The molecule has 1 aliphatic carbocycles. The lowest BCUT2D eigenvalue weighted by molar-refractivity contribution is 0.100. The van der Waals surface area contributed by atoms with Gasteiger partial charge in [0.2, 0.25) is 5.91 Å². The largest absolute Gasteiger partial charge is 0.366 e. The molecule has 0 aliphatic heterocycles.